The van der Waals surface area contributed by atoms with Gasteiger partial charge in [-0.1, -0.05) is 12.1 Å². The Kier molecular flexibility index (Phi) is 7.20. The summed E-state index contributed by atoms with van der Waals surface area (Å²) in [5.74, 6) is 0. The summed E-state index contributed by atoms with van der Waals surface area (Å²) >= 11 is 8.58. The molecule has 0 N–H and O–H groups in total. The zero-order valence-corrected chi connectivity index (χ0v) is 11.9. The van der Waals surface area contributed by atoms with Crippen LogP contribution in [0.25, 0.3) is 0 Å². The van der Waals surface area contributed by atoms with E-state index in [1.165, 1.54) is 9.79 Å². The van der Waals surface area contributed by atoms with Crippen LogP contribution in [0.1, 0.15) is 0 Å². The fourth-order valence-electron chi connectivity index (χ4n) is 0.775. The van der Waals surface area contributed by atoms with Crippen molar-refractivity contribution in [2.45, 2.75) is 14.7 Å². The summed E-state index contributed by atoms with van der Waals surface area (Å²) in [5, 5.41) is 0. The molecule has 0 nitrogen and oxygen atoms in total. The second-order valence-electron chi connectivity index (χ2n) is 2.02. The molecule has 12 heavy (non-hydrogen) atoms. The van der Waals surface area contributed by atoms with Crippen molar-refractivity contribution in [2.24, 2.45) is 0 Å². The summed E-state index contributed by atoms with van der Waals surface area (Å²) in [6, 6.07) is 6.19. The van der Waals surface area contributed by atoms with E-state index < -0.39 is 0 Å². The minimum Gasteiger partial charge on any atom is -0.779 e. The SMILES string of the molecule is CSc1ccc([S-])c(SC)c1.[Na+]. The molecular weight excluding hydrogens is 215 g/mol. The minimum atomic E-state index is 0. The van der Waals surface area contributed by atoms with E-state index in [0.717, 1.165) is 4.90 Å². The van der Waals surface area contributed by atoms with Gasteiger partial charge in [0.1, 0.15) is 0 Å². The second-order valence-corrected chi connectivity index (χ2v) is 4.18. The van der Waals surface area contributed by atoms with Gasteiger partial charge in [-0.15, -0.1) is 23.5 Å². The monoisotopic (exact) mass is 224 g/mol. The first-order valence-electron chi connectivity index (χ1n) is 3.17. The number of benzene rings is 1. The van der Waals surface area contributed by atoms with E-state index in [1.807, 2.05) is 6.07 Å². The van der Waals surface area contributed by atoms with Crippen LogP contribution in [0.5, 0.6) is 0 Å². The molecule has 0 fully saturated rings. The molecule has 0 amide bonds. The molecule has 0 radical (unpaired) electrons. The molecule has 0 atom stereocenters. The van der Waals surface area contributed by atoms with Crippen LogP contribution in [0, 0.1) is 0 Å². The molecule has 0 bridgehead atoms. The van der Waals surface area contributed by atoms with E-state index in [-0.39, 0.29) is 29.6 Å². The molecule has 4 heteroatoms. The maximum absolute atomic E-state index is 5.13. The van der Waals surface area contributed by atoms with Crippen molar-refractivity contribution in [2.75, 3.05) is 12.5 Å². The zero-order chi connectivity index (χ0) is 8.27. The summed E-state index contributed by atoms with van der Waals surface area (Å²) in [6.07, 6.45) is 4.12. The van der Waals surface area contributed by atoms with E-state index in [9.17, 15) is 0 Å². The van der Waals surface area contributed by atoms with Gasteiger partial charge in [0, 0.05) is 4.90 Å². The number of hydrogen-bond donors (Lipinski definition) is 0. The minimum absolute atomic E-state index is 0. The van der Waals surface area contributed by atoms with Crippen molar-refractivity contribution in [1.82, 2.24) is 0 Å². The van der Waals surface area contributed by atoms with Gasteiger partial charge in [0.2, 0.25) is 0 Å². The first-order chi connectivity index (χ1) is 5.27. The van der Waals surface area contributed by atoms with Gasteiger partial charge >= 0.3 is 29.6 Å². The number of hydrogen-bond acceptors (Lipinski definition) is 3. The first-order valence-corrected chi connectivity index (χ1v) is 6.02. The van der Waals surface area contributed by atoms with Gasteiger partial charge in [0.05, 0.1) is 0 Å². The van der Waals surface area contributed by atoms with Crippen molar-refractivity contribution >= 4 is 36.2 Å². The van der Waals surface area contributed by atoms with Gasteiger partial charge in [0.25, 0.3) is 0 Å². The smallest absolute Gasteiger partial charge is 0.779 e. The number of rotatable bonds is 2. The fraction of sp³-hybridized carbons (Fsp3) is 0.250. The fourth-order valence-corrected chi connectivity index (χ4v) is 2.18. The Labute approximate surface area is 110 Å². The summed E-state index contributed by atoms with van der Waals surface area (Å²) in [4.78, 5) is 3.44. The Hall–Kier alpha value is 1.14. The predicted octanol–water partition coefficient (Wildman–Crippen LogP) is 0.0402. The van der Waals surface area contributed by atoms with E-state index >= 15 is 0 Å². The summed E-state index contributed by atoms with van der Waals surface area (Å²) in [6.45, 7) is 0. The van der Waals surface area contributed by atoms with Crippen molar-refractivity contribution < 1.29 is 29.6 Å². The van der Waals surface area contributed by atoms with Crippen molar-refractivity contribution in [3.63, 3.8) is 0 Å². The van der Waals surface area contributed by atoms with E-state index in [2.05, 4.69) is 24.6 Å². The average molecular weight is 224 g/mol. The quantitative estimate of drug-likeness (QED) is 0.395. The third-order valence-corrected chi connectivity index (χ3v) is 3.36. The molecule has 0 aliphatic heterocycles. The van der Waals surface area contributed by atoms with Gasteiger partial charge in [-0.25, -0.2) is 0 Å². The molecular formula is C8H9NaS3. The Morgan fingerprint density at radius 1 is 1.17 bits per heavy atom. The Bertz CT molecular complexity index is 250. The van der Waals surface area contributed by atoms with Gasteiger partial charge < -0.3 is 12.6 Å². The van der Waals surface area contributed by atoms with Gasteiger partial charge in [-0.2, -0.15) is 4.90 Å². The van der Waals surface area contributed by atoms with Crippen LogP contribution >= 0.6 is 23.5 Å². The molecule has 1 aromatic rings. The summed E-state index contributed by atoms with van der Waals surface area (Å²) in [7, 11) is 0. The maximum Gasteiger partial charge on any atom is 1.00 e. The molecule has 1 aromatic carbocycles. The molecule has 0 aromatic heterocycles. The molecule has 1 rings (SSSR count). The molecule has 0 unspecified atom stereocenters. The topological polar surface area (TPSA) is 0 Å². The van der Waals surface area contributed by atoms with Gasteiger partial charge in [-0.3, -0.25) is 0 Å². The van der Waals surface area contributed by atoms with Gasteiger partial charge in [0.15, 0.2) is 0 Å². The zero-order valence-electron chi connectivity index (χ0n) is 7.46. The van der Waals surface area contributed by atoms with E-state index in [0.29, 0.717) is 0 Å². The molecule has 0 aliphatic carbocycles. The van der Waals surface area contributed by atoms with Crippen molar-refractivity contribution in [1.29, 1.82) is 0 Å². The molecule has 0 spiro atoms. The molecule has 0 heterocycles. The standard InChI is InChI=1S/C8H10S3.Na/c1-10-6-3-4-7(9)8(5-6)11-2;/h3-5,9H,1-2H3;/q;+1/p-1. The van der Waals surface area contributed by atoms with Crippen LogP contribution in [0.4, 0.5) is 0 Å². The van der Waals surface area contributed by atoms with E-state index in [4.69, 9.17) is 12.6 Å². The van der Waals surface area contributed by atoms with Crippen LogP contribution in [-0.2, 0) is 12.6 Å². The Morgan fingerprint density at radius 2 is 1.83 bits per heavy atom. The normalized spacial score (nSPS) is 9.17. The Balaban J connectivity index is 0.00000121. The Morgan fingerprint density at radius 3 is 2.33 bits per heavy atom. The second kappa shape index (κ2) is 6.57. The maximum atomic E-state index is 5.13. The van der Waals surface area contributed by atoms with Crippen LogP contribution in [-0.4, -0.2) is 12.5 Å². The first kappa shape index (κ1) is 13.1. The molecule has 0 saturated carbocycles. The van der Waals surface area contributed by atoms with Crippen LogP contribution in [0.3, 0.4) is 0 Å². The third kappa shape index (κ3) is 3.48. The van der Waals surface area contributed by atoms with Crippen LogP contribution < -0.4 is 29.6 Å². The van der Waals surface area contributed by atoms with Crippen molar-refractivity contribution in [3.05, 3.63) is 18.2 Å². The van der Waals surface area contributed by atoms with Crippen LogP contribution in [0.15, 0.2) is 32.9 Å². The largest absolute Gasteiger partial charge is 1.00 e. The molecule has 0 saturated heterocycles. The summed E-state index contributed by atoms with van der Waals surface area (Å²) < 4.78 is 0. The average Bonchev–Trinajstić information content (AvgIpc) is 2.05. The molecule has 60 valence electrons. The molecule has 0 aliphatic rings. The van der Waals surface area contributed by atoms with Gasteiger partial charge in [-0.05, 0) is 23.5 Å². The third-order valence-electron chi connectivity index (χ3n) is 1.37. The van der Waals surface area contributed by atoms with E-state index in [1.54, 1.807) is 23.5 Å². The predicted molar refractivity (Wildman–Crippen MR) is 55.6 cm³/mol. The number of thioether (sulfide) groups is 2. The summed E-state index contributed by atoms with van der Waals surface area (Å²) in [5.41, 5.74) is 0. The van der Waals surface area contributed by atoms with Crippen LogP contribution in [0.2, 0.25) is 0 Å². The van der Waals surface area contributed by atoms with Crippen molar-refractivity contribution in [3.8, 4) is 0 Å².